The zero-order valence-corrected chi connectivity index (χ0v) is 7.45. The van der Waals surface area contributed by atoms with Gasteiger partial charge >= 0.3 is 0 Å². The molecule has 2 heteroatoms. The zero-order valence-electron chi connectivity index (χ0n) is 7.45. The Kier molecular flexibility index (Phi) is 2.75. The fourth-order valence-corrected chi connectivity index (χ4v) is 0.919. The summed E-state index contributed by atoms with van der Waals surface area (Å²) in [6.07, 6.45) is 1.42. The largest absolute Gasteiger partial charge is 0.466 e. The predicted octanol–water partition coefficient (Wildman–Crippen LogP) is 2.27. The monoisotopic (exact) mass is 163 g/mol. The van der Waals surface area contributed by atoms with E-state index in [4.69, 9.17) is 4.74 Å². The quantitative estimate of drug-likeness (QED) is 0.634. The van der Waals surface area contributed by atoms with E-state index in [2.05, 4.69) is 6.58 Å². The molecule has 0 fully saturated rings. The van der Waals surface area contributed by atoms with Crippen LogP contribution in [-0.2, 0) is 0 Å². The van der Waals surface area contributed by atoms with Crippen LogP contribution in [0.2, 0.25) is 0 Å². The van der Waals surface area contributed by atoms with Crippen molar-refractivity contribution < 1.29 is 4.74 Å². The molecule has 0 aliphatic carbocycles. The van der Waals surface area contributed by atoms with E-state index < -0.39 is 0 Å². The third-order valence-electron chi connectivity index (χ3n) is 1.57. The van der Waals surface area contributed by atoms with Crippen molar-refractivity contribution in [3.8, 4) is 5.75 Å². The van der Waals surface area contributed by atoms with E-state index in [-0.39, 0.29) is 0 Å². The summed E-state index contributed by atoms with van der Waals surface area (Å²) in [4.78, 5) is 2.04. The Balaban J connectivity index is 2.78. The van der Waals surface area contributed by atoms with Crippen molar-refractivity contribution in [3.63, 3.8) is 0 Å². The fourth-order valence-electron chi connectivity index (χ4n) is 0.919. The van der Waals surface area contributed by atoms with Crippen LogP contribution in [0.4, 0.5) is 5.69 Å². The molecule has 64 valence electrons. The van der Waals surface area contributed by atoms with Gasteiger partial charge in [0.1, 0.15) is 5.75 Å². The molecule has 0 bridgehead atoms. The van der Waals surface area contributed by atoms with Gasteiger partial charge in [-0.15, -0.1) is 0 Å². The van der Waals surface area contributed by atoms with Crippen molar-refractivity contribution in [1.82, 2.24) is 0 Å². The highest BCUT2D eigenvalue weighted by molar-refractivity contribution is 5.47. The number of nitrogens with zero attached hydrogens (tertiary/aromatic N) is 1. The number of anilines is 1. The molecule has 0 saturated heterocycles. The van der Waals surface area contributed by atoms with Gasteiger partial charge in [0.15, 0.2) is 0 Å². The van der Waals surface area contributed by atoms with Crippen LogP contribution in [0.25, 0.3) is 0 Å². The molecule has 12 heavy (non-hydrogen) atoms. The lowest BCUT2D eigenvalue weighted by atomic mass is 10.3. The Morgan fingerprint density at radius 2 is 1.83 bits per heavy atom. The Bertz CT molecular complexity index is 251. The lowest BCUT2D eigenvalue weighted by molar-refractivity contribution is 0.483. The SMILES string of the molecule is C=COc1ccc(N(C)C)cc1. The maximum absolute atomic E-state index is 5.09. The predicted molar refractivity (Wildman–Crippen MR) is 51.6 cm³/mol. The molecule has 0 radical (unpaired) electrons. The van der Waals surface area contributed by atoms with E-state index in [1.54, 1.807) is 0 Å². The summed E-state index contributed by atoms with van der Waals surface area (Å²) in [5.74, 6) is 0.815. The molecule has 0 unspecified atom stereocenters. The number of rotatable bonds is 3. The van der Waals surface area contributed by atoms with Crippen molar-refractivity contribution in [2.75, 3.05) is 19.0 Å². The van der Waals surface area contributed by atoms with Crippen LogP contribution in [-0.4, -0.2) is 14.1 Å². The van der Waals surface area contributed by atoms with Gasteiger partial charge in [-0.1, -0.05) is 6.58 Å². The summed E-state index contributed by atoms with van der Waals surface area (Å²) < 4.78 is 5.09. The average Bonchev–Trinajstić information content (AvgIpc) is 2.06. The van der Waals surface area contributed by atoms with E-state index in [0.717, 1.165) is 11.4 Å². The van der Waals surface area contributed by atoms with Gasteiger partial charge in [0.2, 0.25) is 0 Å². The molecule has 0 aliphatic rings. The molecule has 0 aliphatic heterocycles. The molecule has 1 rings (SSSR count). The van der Waals surface area contributed by atoms with E-state index in [0.29, 0.717) is 0 Å². The number of benzene rings is 1. The Morgan fingerprint density at radius 1 is 1.25 bits per heavy atom. The lowest BCUT2D eigenvalue weighted by Crippen LogP contribution is -2.07. The van der Waals surface area contributed by atoms with Gasteiger partial charge in [0.05, 0.1) is 6.26 Å². The van der Waals surface area contributed by atoms with Crippen molar-refractivity contribution in [2.45, 2.75) is 0 Å². The molecular formula is C10H13NO. The van der Waals surface area contributed by atoms with Crippen LogP contribution >= 0.6 is 0 Å². The van der Waals surface area contributed by atoms with Crippen molar-refractivity contribution in [3.05, 3.63) is 37.1 Å². The fraction of sp³-hybridized carbons (Fsp3) is 0.200. The maximum atomic E-state index is 5.09. The highest BCUT2D eigenvalue weighted by atomic mass is 16.5. The van der Waals surface area contributed by atoms with E-state index in [9.17, 15) is 0 Å². The van der Waals surface area contributed by atoms with Crippen molar-refractivity contribution in [1.29, 1.82) is 0 Å². The van der Waals surface area contributed by atoms with Crippen LogP contribution < -0.4 is 9.64 Å². The second-order valence-electron chi connectivity index (χ2n) is 2.67. The van der Waals surface area contributed by atoms with Gasteiger partial charge in [-0.3, -0.25) is 0 Å². The second kappa shape index (κ2) is 3.81. The van der Waals surface area contributed by atoms with E-state index >= 15 is 0 Å². The smallest absolute Gasteiger partial charge is 0.126 e. The minimum absolute atomic E-state index is 0.815. The molecule has 0 aromatic heterocycles. The summed E-state index contributed by atoms with van der Waals surface area (Å²) in [5.41, 5.74) is 1.16. The standard InChI is InChI=1S/C10H13NO/c1-4-12-10-7-5-9(6-8-10)11(2)3/h4-8H,1H2,2-3H3. The Hall–Kier alpha value is -1.44. The number of ether oxygens (including phenoxy) is 1. The molecule has 0 heterocycles. The maximum Gasteiger partial charge on any atom is 0.126 e. The van der Waals surface area contributed by atoms with Gasteiger partial charge < -0.3 is 9.64 Å². The Labute approximate surface area is 73.1 Å². The number of hydrogen-bond donors (Lipinski definition) is 0. The summed E-state index contributed by atoms with van der Waals surface area (Å²) in [5, 5.41) is 0. The first kappa shape index (κ1) is 8.65. The molecule has 1 aromatic carbocycles. The van der Waals surface area contributed by atoms with Crippen LogP contribution in [0.15, 0.2) is 37.1 Å². The molecule has 0 spiro atoms. The molecular weight excluding hydrogens is 150 g/mol. The third-order valence-corrected chi connectivity index (χ3v) is 1.57. The molecule has 1 aromatic rings. The van der Waals surface area contributed by atoms with Crippen LogP contribution in [0.1, 0.15) is 0 Å². The number of hydrogen-bond acceptors (Lipinski definition) is 2. The summed E-state index contributed by atoms with van der Waals surface area (Å²) >= 11 is 0. The van der Waals surface area contributed by atoms with Crippen molar-refractivity contribution in [2.24, 2.45) is 0 Å². The van der Waals surface area contributed by atoms with Crippen LogP contribution in [0, 0.1) is 0 Å². The van der Waals surface area contributed by atoms with Crippen molar-refractivity contribution >= 4 is 5.69 Å². The van der Waals surface area contributed by atoms with Gasteiger partial charge in [-0.05, 0) is 24.3 Å². The van der Waals surface area contributed by atoms with Gasteiger partial charge in [0.25, 0.3) is 0 Å². The van der Waals surface area contributed by atoms with Gasteiger partial charge in [0, 0.05) is 19.8 Å². The summed E-state index contributed by atoms with van der Waals surface area (Å²) in [7, 11) is 4.01. The molecule has 0 amide bonds. The second-order valence-corrected chi connectivity index (χ2v) is 2.67. The summed E-state index contributed by atoms with van der Waals surface area (Å²) in [6, 6.07) is 7.83. The van der Waals surface area contributed by atoms with Gasteiger partial charge in [-0.25, -0.2) is 0 Å². The topological polar surface area (TPSA) is 12.5 Å². The average molecular weight is 163 g/mol. The Morgan fingerprint density at radius 3 is 2.25 bits per heavy atom. The minimum atomic E-state index is 0.815. The molecule has 0 atom stereocenters. The normalized spacial score (nSPS) is 9.17. The van der Waals surface area contributed by atoms with Crippen LogP contribution in [0.5, 0.6) is 5.75 Å². The minimum Gasteiger partial charge on any atom is -0.466 e. The summed E-state index contributed by atoms with van der Waals surface area (Å²) in [6.45, 7) is 3.48. The van der Waals surface area contributed by atoms with E-state index in [1.807, 2.05) is 43.3 Å². The third kappa shape index (κ3) is 2.02. The molecule has 2 nitrogen and oxygen atoms in total. The van der Waals surface area contributed by atoms with Crippen LogP contribution in [0.3, 0.4) is 0 Å². The highest BCUT2D eigenvalue weighted by Gasteiger charge is 1.94. The molecule has 0 N–H and O–H groups in total. The van der Waals surface area contributed by atoms with E-state index in [1.165, 1.54) is 6.26 Å². The highest BCUT2D eigenvalue weighted by Crippen LogP contribution is 2.17. The van der Waals surface area contributed by atoms with Gasteiger partial charge in [-0.2, -0.15) is 0 Å². The lowest BCUT2D eigenvalue weighted by Gasteiger charge is -2.12. The molecule has 0 saturated carbocycles. The first-order valence-electron chi connectivity index (χ1n) is 3.79. The first-order chi connectivity index (χ1) is 5.74. The zero-order chi connectivity index (χ0) is 8.97. The first-order valence-corrected chi connectivity index (χ1v) is 3.79.